The van der Waals surface area contributed by atoms with Gasteiger partial charge in [-0.1, -0.05) is 62.2 Å². The summed E-state index contributed by atoms with van der Waals surface area (Å²) in [5.41, 5.74) is 1.77. The number of benzene rings is 2. The van der Waals surface area contributed by atoms with E-state index >= 15 is 0 Å². The predicted molar refractivity (Wildman–Crippen MR) is 158 cm³/mol. The number of carbonyl (C=O) groups is 4. The molecule has 2 heterocycles. The Kier molecular flexibility index (Phi) is 11.3. The number of carboxylic acids is 1. The number of ether oxygens (including phenoxy) is 1. The first-order valence-corrected chi connectivity index (χ1v) is 15.0. The van der Waals surface area contributed by atoms with Crippen LogP contribution < -0.4 is 20.7 Å². The number of nitrogens with one attached hydrogen (secondary N) is 3. The van der Waals surface area contributed by atoms with Crippen LogP contribution in [0.4, 0.5) is 0 Å². The van der Waals surface area contributed by atoms with E-state index in [9.17, 15) is 24.3 Å². The van der Waals surface area contributed by atoms with Crippen molar-refractivity contribution in [2.75, 3.05) is 13.1 Å². The summed E-state index contributed by atoms with van der Waals surface area (Å²) in [5, 5.41) is 18.6. The average Bonchev–Trinajstić information content (AvgIpc) is 3.72. The molecule has 226 valence electrons. The molecule has 4 atom stereocenters. The number of likely N-dealkylation sites (tertiary alicyclic amines) is 1. The zero-order valence-corrected chi connectivity index (χ0v) is 24.2. The number of carboxylic acid groups (broad SMARTS) is 1. The van der Waals surface area contributed by atoms with Gasteiger partial charge in [0.05, 0.1) is 6.04 Å². The van der Waals surface area contributed by atoms with Gasteiger partial charge < -0.3 is 30.7 Å². The lowest BCUT2D eigenvalue weighted by molar-refractivity contribution is -0.145. The molecule has 0 radical (unpaired) electrons. The molecular formula is C32H42N4O6. The Balaban J connectivity index is 1.35. The molecule has 10 nitrogen and oxygen atoms in total. The molecule has 2 aromatic rings. The molecule has 2 aliphatic heterocycles. The van der Waals surface area contributed by atoms with Gasteiger partial charge in [0.1, 0.15) is 30.5 Å². The van der Waals surface area contributed by atoms with Crippen LogP contribution in [0.2, 0.25) is 0 Å². The minimum absolute atomic E-state index is 0.0876. The zero-order chi connectivity index (χ0) is 29.9. The summed E-state index contributed by atoms with van der Waals surface area (Å²) in [6, 6.07) is 14.0. The number of unbranched alkanes of at least 4 members (excludes halogenated alkanes) is 1. The maximum absolute atomic E-state index is 13.6. The normalized spacial score (nSPS) is 19.6. The van der Waals surface area contributed by atoms with Crippen LogP contribution in [-0.2, 0) is 32.2 Å². The van der Waals surface area contributed by atoms with Gasteiger partial charge in [-0.2, -0.15) is 0 Å². The Bertz CT molecular complexity index is 1200. The van der Waals surface area contributed by atoms with Gasteiger partial charge in [-0.3, -0.25) is 14.4 Å². The molecule has 3 amide bonds. The van der Waals surface area contributed by atoms with E-state index in [1.165, 1.54) is 4.90 Å². The van der Waals surface area contributed by atoms with Gasteiger partial charge in [-0.15, -0.1) is 0 Å². The van der Waals surface area contributed by atoms with E-state index in [-0.39, 0.29) is 24.3 Å². The van der Waals surface area contributed by atoms with Crippen LogP contribution in [0.3, 0.4) is 0 Å². The van der Waals surface area contributed by atoms with Gasteiger partial charge >= 0.3 is 5.97 Å². The molecule has 0 spiro atoms. The van der Waals surface area contributed by atoms with Crippen LogP contribution in [-0.4, -0.2) is 71.0 Å². The van der Waals surface area contributed by atoms with Gasteiger partial charge in [0.2, 0.25) is 17.7 Å². The summed E-state index contributed by atoms with van der Waals surface area (Å²) in [4.78, 5) is 53.3. The molecule has 2 aromatic carbocycles. The largest absolute Gasteiger partial charge is 0.489 e. The van der Waals surface area contributed by atoms with Crippen LogP contribution >= 0.6 is 0 Å². The number of carbonyl (C=O) groups excluding carboxylic acids is 3. The molecule has 4 rings (SSSR count). The van der Waals surface area contributed by atoms with Crippen molar-refractivity contribution in [1.29, 1.82) is 0 Å². The fraction of sp³-hybridized carbons (Fsp3) is 0.500. The highest BCUT2D eigenvalue weighted by Gasteiger charge is 2.39. The predicted octanol–water partition coefficient (Wildman–Crippen LogP) is 2.80. The Morgan fingerprint density at radius 2 is 1.69 bits per heavy atom. The summed E-state index contributed by atoms with van der Waals surface area (Å²) in [6.07, 6.45) is 4.92. The third-order valence-electron chi connectivity index (χ3n) is 7.90. The van der Waals surface area contributed by atoms with E-state index in [0.29, 0.717) is 38.2 Å². The topological polar surface area (TPSA) is 137 Å². The molecule has 4 N–H and O–H groups in total. The van der Waals surface area contributed by atoms with E-state index in [4.69, 9.17) is 4.74 Å². The van der Waals surface area contributed by atoms with Gasteiger partial charge in [0, 0.05) is 13.0 Å². The number of aliphatic carboxylic acids is 1. The van der Waals surface area contributed by atoms with Gasteiger partial charge in [-0.25, -0.2) is 4.79 Å². The number of hydrogen-bond acceptors (Lipinski definition) is 6. The zero-order valence-electron chi connectivity index (χ0n) is 24.2. The van der Waals surface area contributed by atoms with E-state index in [1.807, 2.05) is 37.3 Å². The lowest BCUT2D eigenvalue weighted by atomic mass is 10.0. The minimum atomic E-state index is -1.16. The second-order valence-corrected chi connectivity index (χ2v) is 11.1. The quantitative estimate of drug-likeness (QED) is 0.271. The standard InChI is InChI=1S/C32H42N4O6/c1-2-3-11-26(34-29(37)25-12-7-18-33-25)31(39)36-19-8-13-28(36)30(38)35-27(32(40)41)20-22-14-16-24(17-15-22)42-21-23-9-5-4-6-10-23/h4-6,9-10,14-17,25-28,33H,2-3,7-8,11-13,18-21H2,1H3,(H,34,37)(H,35,38)(H,40,41)/t25-,26-,27-,28-/m0/s1. The molecule has 0 unspecified atom stereocenters. The fourth-order valence-electron chi connectivity index (χ4n) is 5.52. The highest BCUT2D eigenvalue weighted by atomic mass is 16.5. The summed E-state index contributed by atoms with van der Waals surface area (Å²) in [7, 11) is 0. The van der Waals surface area contributed by atoms with Crippen molar-refractivity contribution in [2.45, 2.75) is 89.1 Å². The van der Waals surface area contributed by atoms with Crippen LogP contribution in [0.15, 0.2) is 54.6 Å². The van der Waals surface area contributed by atoms with E-state index < -0.39 is 30.0 Å². The van der Waals surface area contributed by atoms with E-state index in [2.05, 4.69) is 16.0 Å². The monoisotopic (exact) mass is 578 g/mol. The second-order valence-electron chi connectivity index (χ2n) is 11.1. The average molecular weight is 579 g/mol. The molecule has 0 aliphatic carbocycles. The lowest BCUT2D eigenvalue weighted by Crippen LogP contribution is -2.56. The molecular weight excluding hydrogens is 536 g/mol. The minimum Gasteiger partial charge on any atom is -0.489 e. The van der Waals surface area contributed by atoms with Crippen molar-refractivity contribution in [3.8, 4) is 5.75 Å². The van der Waals surface area contributed by atoms with Crippen molar-refractivity contribution >= 4 is 23.7 Å². The van der Waals surface area contributed by atoms with Crippen LogP contribution in [0, 0.1) is 0 Å². The summed E-state index contributed by atoms with van der Waals surface area (Å²) >= 11 is 0. The first-order valence-electron chi connectivity index (χ1n) is 15.0. The van der Waals surface area contributed by atoms with Gasteiger partial charge in [0.15, 0.2) is 0 Å². The molecule has 0 bridgehead atoms. The summed E-state index contributed by atoms with van der Waals surface area (Å²) < 4.78 is 5.81. The summed E-state index contributed by atoms with van der Waals surface area (Å²) in [5.74, 6) is -1.46. The third-order valence-corrected chi connectivity index (χ3v) is 7.90. The van der Waals surface area contributed by atoms with Crippen LogP contribution in [0.25, 0.3) is 0 Å². The Morgan fingerprint density at radius 1 is 0.952 bits per heavy atom. The molecule has 2 fully saturated rings. The maximum Gasteiger partial charge on any atom is 0.326 e. The van der Waals surface area contributed by atoms with Crippen molar-refractivity contribution in [3.05, 3.63) is 65.7 Å². The third kappa shape index (κ3) is 8.55. The van der Waals surface area contributed by atoms with Crippen molar-refractivity contribution < 1.29 is 29.0 Å². The number of amides is 3. The van der Waals surface area contributed by atoms with Crippen molar-refractivity contribution in [1.82, 2.24) is 20.9 Å². The van der Waals surface area contributed by atoms with Gasteiger partial charge in [-0.05, 0) is 61.9 Å². The first-order chi connectivity index (χ1) is 20.4. The van der Waals surface area contributed by atoms with Crippen LogP contribution in [0.1, 0.15) is 63.0 Å². The SMILES string of the molecule is CCCC[C@H](NC(=O)[C@@H]1CCCN1)C(=O)N1CCC[C@H]1C(=O)N[C@@H](Cc1ccc(OCc2ccccc2)cc1)C(=O)O. The molecule has 2 saturated heterocycles. The fourth-order valence-corrected chi connectivity index (χ4v) is 5.52. The highest BCUT2D eigenvalue weighted by molar-refractivity contribution is 5.94. The molecule has 2 aliphatic rings. The summed E-state index contributed by atoms with van der Waals surface area (Å²) in [6.45, 7) is 3.60. The van der Waals surface area contributed by atoms with Gasteiger partial charge in [0.25, 0.3) is 0 Å². The molecule has 0 aromatic heterocycles. The molecule has 10 heteroatoms. The van der Waals surface area contributed by atoms with E-state index in [0.717, 1.165) is 43.4 Å². The van der Waals surface area contributed by atoms with Crippen LogP contribution in [0.5, 0.6) is 5.75 Å². The van der Waals surface area contributed by atoms with Crippen molar-refractivity contribution in [3.63, 3.8) is 0 Å². The molecule has 0 saturated carbocycles. The Hall–Kier alpha value is -3.92. The lowest BCUT2D eigenvalue weighted by Gasteiger charge is -2.30. The second kappa shape index (κ2) is 15.3. The Morgan fingerprint density at radius 3 is 2.36 bits per heavy atom. The van der Waals surface area contributed by atoms with Crippen molar-refractivity contribution in [2.24, 2.45) is 0 Å². The number of nitrogens with zero attached hydrogens (tertiary/aromatic N) is 1. The molecule has 42 heavy (non-hydrogen) atoms. The Labute approximate surface area is 247 Å². The number of rotatable bonds is 14. The maximum atomic E-state index is 13.6. The number of hydrogen-bond donors (Lipinski definition) is 4. The first kappa shape index (κ1) is 31.0. The smallest absolute Gasteiger partial charge is 0.326 e. The van der Waals surface area contributed by atoms with E-state index in [1.54, 1.807) is 24.3 Å². The highest BCUT2D eigenvalue weighted by Crippen LogP contribution is 2.21.